The van der Waals surface area contributed by atoms with Crippen LogP contribution in [0.25, 0.3) is 22.1 Å². The molecule has 0 radical (unpaired) electrons. The van der Waals surface area contributed by atoms with E-state index in [1.807, 2.05) is 41.1 Å². The predicted octanol–water partition coefficient (Wildman–Crippen LogP) is 5.64. The minimum atomic E-state index is -0.757. The molecule has 25 heteroatoms. The maximum Gasteiger partial charge on any atom is 0.255 e. The smallest absolute Gasteiger partial charge is 0.255 e. The number of aromatic nitrogens is 8. The number of primary amides is 2. The number of imidazole rings is 2. The molecule has 75 heavy (non-hydrogen) atoms. The van der Waals surface area contributed by atoms with Crippen molar-refractivity contribution in [2.24, 2.45) is 25.6 Å². The first-order valence-electron chi connectivity index (χ1n) is 22.9. The second kappa shape index (κ2) is 24.1. The summed E-state index contributed by atoms with van der Waals surface area (Å²) >= 11 is 14.1. The van der Waals surface area contributed by atoms with Gasteiger partial charge in [0.15, 0.2) is 17.3 Å². The lowest BCUT2D eigenvalue weighted by atomic mass is 10.1. The second-order valence-electron chi connectivity index (χ2n) is 17.2. The quantitative estimate of drug-likeness (QED) is 0.0504. The Balaban J connectivity index is 0.000000204. The maximum atomic E-state index is 15.3. The summed E-state index contributed by atoms with van der Waals surface area (Å²) in [5, 5.41) is 15.3. The summed E-state index contributed by atoms with van der Waals surface area (Å²) < 4.78 is 46.7. The van der Waals surface area contributed by atoms with Crippen molar-refractivity contribution in [3.8, 4) is 24.2 Å². The van der Waals surface area contributed by atoms with Crippen LogP contribution >= 0.6 is 45.8 Å². The van der Waals surface area contributed by atoms with Gasteiger partial charge in [-0.15, -0.1) is 6.42 Å². The Labute approximate surface area is 454 Å². The Morgan fingerprint density at radius 1 is 0.787 bits per heavy atom. The highest BCUT2D eigenvalue weighted by molar-refractivity contribution is 14.1. The van der Waals surface area contributed by atoms with E-state index >= 15 is 4.39 Å². The number of carbonyl (C=O) groups excluding carboxylic acids is 4. The van der Waals surface area contributed by atoms with Crippen LogP contribution in [0.5, 0.6) is 0 Å². The summed E-state index contributed by atoms with van der Waals surface area (Å²) in [5.41, 5.74) is 13.3. The van der Waals surface area contributed by atoms with Crippen molar-refractivity contribution in [1.82, 2.24) is 48.5 Å². The molecule has 2 aliphatic heterocycles. The van der Waals surface area contributed by atoms with Crippen molar-refractivity contribution in [2.75, 3.05) is 65.3 Å². The van der Waals surface area contributed by atoms with Crippen LogP contribution < -0.4 is 22.1 Å². The van der Waals surface area contributed by atoms with E-state index in [9.17, 15) is 23.6 Å². The number of nitrogens with zero attached hydrogens (tertiary/aromatic N) is 10. The van der Waals surface area contributed by atoms with Gasteiger partial charge in [-0.1, -0.05) is 42.3 Å². The van der Waals surface area contributed by atoms with Gasteiger partial charge in [0, 0.05) is 55.5 Å². The van der Waals surface area contributed by atoms with Crippen LogP contribution in [0.2, 0.25) is 10.0 Å². The van der Waals surface area contributed by atoms with E-state index in [2.05, 4.69) is 61.7 Å². The van der Waals surface area contributed by atoms with Gasteiger partial charge in [0.05, 0.1) is 67.6 Å². The molecule has 2 saturated heterocycles. The van der Waals surface area contributed by atoms with Crippen LogP contribution in [-0.2, 0) is 33.2 Å². The number of benzene rings is 2. The van der Waals surface area contributed by atoms with E-state index in [0.29, 0.717) is 76.2 Å². The number of terminal acetylenes is 1. The number of nitrogens with one attached hydrogen (secondary N) is 2. The lowest BCUT2D eigenvalue weighted by molar-refractivity contribution is -0.128. The Hall–Kier alpha value is -7.03. The zero-order chi connectivity index (χ0) is 55.3. The third kappa shape index (κ3) is 11.3. The molecular weight excluding hydrogens is 1130 g/mol. The Morgan fingerprint density at radius 3 is 1.63 bits per heavy atom. The molecule has 0 spiro atoms. The lowest BCUT2D eigenvalue weighted by Crippen LogP contribution is -2.37. The molecule has 2 aliphatic rings. The number of hydrogen-bond donors (Lipinski definition) is 4. The van der Waals surface area contributed by atoms with Crippen LogP contribution in [0.3, 0.4) is 0 Å². The largest absolute Gasteiger partial charge is 0.383 e. The van der Waals surface area contributed by atoms with Gasteiger partial charge in [-0.3, -0.25) is 19.2 Å². The fourth-order valence-corrected chi connectivity index (χ4v) is 9.93. The number of ether oxygens (including phenoxy) is 2. The van der Waals surface area contributed by atoms with Crippen molar-refractivity contribution in [3.05, 3.63) is 102 Å². The van der Waals surface area contributed by atoms with E-state index in [4.69, 9.17) is 50.6 Å². The van der Waals surface area contributed by atoms with E-state index in [1.54, 1.807) is 78.1 Å². The van der Waals surface area contributed by atoms with Gasteiger partial charge in [-0.25, -0.2) is 28.1 Å². The topological polar surface area (TPSA) is 241 Å². The second-order valence-corrected chi connectivity index (χ2v) is 19.1. The van der Waals surface area contributed by atoms with Gasteiger partial charge in [0.1, 0.15) is 51.1 Å². The highest BCUT2D eigenvalue weighted by Gasteiger charge is 2.39. The van der Waals surface area contributed by atoms with Crippen LogP contribution in [-0.4, -0.2) is 139 Å². The monoisotopic (exact) mass is 1180 g/mol. The highest BCUT2D eigenvalue weighted by atomic mass is 127. The minimum absolute atomic E-state index is 0.0538. The highest BCUT2D eigenvalue weighted by Crippen LogP contribution is 2.35. The normalized spacial score (nSPS) is 16.9. The molecule has 2 fully saturated rings. The summed E-state index contributed by atoms with van der Waals surface area (Å²) in [7, 11) is 10.0. The molecule has 6 aromatic rings. The van der Waals surface area contributed by atoms with Crippen molar-refractivity contribution < 1.29 is 37.4 Å². The first-order chi connectivity index (χ1) is 35.6. The summed E-state index contributed by atoms with van der Waals surface area (Å²) in [6.45, 7) is 12.2. The molecule has 396 valence electrons. The minimum Gasteiger partial charge on any atom is -0.383 e. The molecule has 8 rings (SSSR count). The molecule has 0 saturated carbocycles. The number of nitrogens with two attached hydrogens (primary N) is 2. The van der Waals surface area contributed by atoms with E-state index in [1.165, 1.54) is 12.2 Å². The lowest BCUT2D eigenvalue weighted by Gasteiger charge is -2.22. The Bertz CT molecular complexity index is 3370. The summed E-state index contributed by atoms with van der Waals surface area (Å²) in [5.74, 6) is 7.25. The Morgan fingerprint density at radius 2 is 1.21 bits per heavy atom. The molecule has 6 N–H and O–H groups in total. The van der Waals surface area contributed by atoms with Crippen molar-refractivity contribution >= 4 is 103 Å². The summed E-state index contributed by atoms with van der Waals surface area (Å²) in [6, 6.07) is 2.57. The SMILES string of the molecule is C#Cc1nn(C2C[C@H](COC)N(C(=O)C=C)C2)c(NC)c1C(N)=O.C=CC(=O)N1CC(n2nc(C#Cc3c(Cl)cc4c(nc(C)n4C)c3F)c(C(N)=O)c2NC)C[C@@H]1COC.Cc1nc2c(F)c(I)c(Cl)cc2n1C. The van der Waals surface area contributed by atoms with Crippen molar-refractivity contribution in [3.63, 3.8) is 0 Å². The summed E-state index contributed by atoms with van der Waals surface area (Å²) in [6.07, 6.45) is 9.09. The number of hydrogen-bond acceptors (Lipinski definition) is 12. The molecule has 6 heterocycles. The number of anilines is 2. The van der Waals surface area contributed by atoms with E-state index in [-0.39, 0.29) is 80.4 Å². The van der Waals surface area contributed by atoms with E-state index in [0.717, 1.165) is 11.3 Å². The maximum absolute atomic E-state index is 15.3. The number of methoxy groups -OCH3 is 2. The molecule has 4 atom stereocenters. The molecule has 0 aliphatic carbocycles. The third-order valence-corrected chi connectivity index (χ3v) is 14.8. The molecule has 0 bridgehead atoms. The molecule has 4 amide bonds. The van der Waals surface area contributed by atoms with Crippen LogP contribution in [0.1, 0.15) is 74.2 Å². The first kappa shape index (κ1) is 57.3. The molecule has 2 unspecified atom stereocenters. The Kier molecular flexibility index (Phi) is 18.4. The number of halogens is 5. The number of aryl methyl sites for hydroxylation is 4. The first-order valence-corrected chi connectivity index (χ1v) is 24.8. The summed E-state index contributed by atoms with van der Waals surface area (Å²) in [4.78, 5) is 60.3. The van der Waals surface area contributed by atoms with Crippen molar-refractivity contribution in [2.45, 2.75) is 50.9 Å². The predicted molar refractivity (Wildman–Crippen MR) is 291 cm³/mol. The van der Waals surface area contributed by atoms with Gasteiger partial charge in [0.2, 0.25) is 11.8 Å². The number of fused-ring (bicyclic) bond motifs is 2. The van der Waals surface area contributed by atoms with Crippen molar-refractivity contribution in [1.29, 1.82) is 0 Å². The number of amides is 4. The standard InChI is InChI=1S/C25H27ClFN7O3.C16H21N5O3.C9H7ClFIN2/c1-6-20(35)33-11-14(9-15(33)12-37-5)34-25(29-3)21(24(28)36)18(31-34)8-7-16-17(26)10-19-23(22(16)27)30-13(2)32(19)4;1-5-12-14(15(17)23)16(18-3)21(19-12)10-7-11(9-24-4)20(8-10)13(22)6-2;1-4-13-9-6(14(4)2)3-5(10)8(12)7(9)11/h6,10,14-15,29H,1,9,11-12H2,2-5H3,(H2,28,36);1,6,10-11,18H,2,7-9H2,3-4H3,(H2,17,23);3H,1-2H3/t14?,15-;10?,11-;/m11./s1. The van der Waals surface area contributed by atoms with Crippen LogP contribution in [0, 0.1) is 53.2 Å². The van der Waals surface area contributed by atoms with Gasteiger partial charge < -0.3 is 50.5 Å². The molecule has 20 nitrogen and oxygen atoms in total. The van der Waals surface area contributed by atoms with Crippen LogP contribution in [0.15, 0.2) is 37.4 Å². The van der Waals surface area contributed by atoms with Gasteiger partial charge in [0.25, 0.3) is 11.8 Å². The molecular formula is C50H55Cl2F2IN14O6. The van der Waals surface area contributed by atoms with Gasteiger partial charge in [-0.2, -0.15) is 10.2 Å². The fourth-order valence-electron chi connectivity index (χ4n) is 9.10. The average Bonchev–Trinajstić information content (AvgIpc) is 4.25. The van der Waals surface area contributed by atoms with Gasteiger partial charge >= 0.3 is 0 Å². The zero-order valence-corrected chi connectivity index (χ0v) is 46.0. The molecule has 4 aromatic heterocycles. The average molecular weight is 1180 g/mol. The number of rotatable bonds is 12. The number of likely N-dealkylation sites (tertiary alicyclic amines) is 2. The zero-order valence-electron chi connectivity index (χ0n) is 42.3. The number of carbonyl (C=O) groups is 4. The van der Waals surface area contributed by atoms with Crippen LogP contribution in [0.4, 0.5) is 20.4 Å². The van der Waals surface area contributed by atoms with Gasteiger partial charge in [-0.05, 0) is 85.4 Å². The van der Waals surface area contributed by atoms with E-state index < -0.39 is 17.6 Å². The third-order valence-electron chi connectivity index (χ3n) is 12.9. The molecule has 2 aromatic carbocycles. The fraction of sp³-hybridized carbons (Fsp3) is 0.360.